The Labute approximate surface area is 172 Å². The second kappa shape index (κ2) is 12.1. The summed E-state index contributed by atoms with van der Waals surface area (Å²) in [5, 5.41) is 19.3. The number of unbranched alkanes of at least 4 members (excludes halogenated alkanes) is 3. The van der Waals surface area contributed by atoms with Crippen LogP contribution < -0.4 is 0 Å². The van der Waals surface area contributed by atoms with Crippen molar-refractivity contribution in [2.24, 2.45) is 0 Å². The van der Waals surface area contributed by atoms with Gasteiger partial charge in [0.1, 0.15) is 0 Å². The third kappa shape index (κ3) is 7.47. The van der Waals surface area contributed by atoms with Gasteiger partial charge in [-0.25, -0.2) is 4.79 Å². The number of thioether (sulfide) groups is 1. The van der Waals surface area contributed by atoms with Gasteiger partial charge in [-0.1, -0.05) is 44.7 Å². The summed E-state index contributed by atoms with van der Waals surface area (Å²) in [5.41, 5.74) is 1.42. The molecule has 5 nitrogen and oxygen atoms in total. The lowest BCUT2D eigenvalue weighted by Crippen LogP contribution is -2.35. The number of carboxylic acids is 1. The predicted molar refractivity (Wildman–Crippen MR) is 114 cm³/mol. The molecule has 28 heavy (non-hydrogen) atoms. The van der Waals surface area contributed by atoms with E-state index in [1.54, 1.807) is 23.9 Å². The molecule has 0 unspecified atom stereocenters. The van der Waals surface area contributed by atoms with Crippen LogP contribution in [0.25, 0.3) is 0 Å². The Morgan fingerprint density at radius 3 is 2.61 bits per heavy atom. The lowest BCUT2D eigenvalue weighted by Gasteiger charge is -2.25. The van der Waals surface area contributed by atoms with E-state index < -0.39 is 5.97 Å². The molecule has 1 aliphatic rings. The smallest absolute Gasteiger partial charge is 0.335 e. The standard InChI is InChI=1S/C22H33NO4S/c1-2-3-4-5-8-19(24)14-15-23-20(25)16-28-21(23)9-6-7-17-10-12-18(13-11-17)22(26)27/h10-13,19,21,24H,2-9,14-16H2,1H3,(H,26,27)/t19-,21-/m0/s1. The summed E-state index contributed by atoms with van der Waals surface area (Å²) in [4.78, 5) is 25.0. The Morgan fingerprint density at radius 2 is 1.93 bits per heavy atom. The number of aliphatic hydroxyl groups is 1. The first-order chi connectivity index (χ1) is 13.5. The number of carbonyl (C=O) groups excluding carboxylic acids is 1. The fourth-order valence-corrected chi connectivity index (χ4v) is 4.78. The van der Waals surface area contributed by atoms with Crippen LogP contribution in [-0.2, 0) is 11.2 Å². The number of aliphatic hydroxyl groups excluding tert-OH is 1. The second-order valence-corrected chi connectivity index (χ2v) is 8.71. The van der Waals surface area contributed by atoms with E-state index in [1.165, 1.54) is 19.3 Å². The number of carbonyl (C=O) groups is 2. The number of carboxylic acid groups (broad SMARTS) is 1. The van der Waals surface area contributed by atoms with E-state index in [2.05, 4.69) is 6.92 Å². The van der Waals surface area contributed by atoms with Crippen LogP contribution in [0.2, 0.25) is 0 Å². The molecule has 1 heterocycles. The second-order valence-electron chi connectivity index (χ2n) is 7.54. The van der Waals surface area contributed by atoms with Crippen molar-refractivity contribution < 1.29 is 19.8 Å². The highest BCUT2D eigenvalue weighted by Crippen LogP contribution is 2.29. The molecule has 1 aromatic rings. The van der Waals surface area contributed by atoms with Crippen LogP contribution in [0.5, 0.6) is 0 Å². The first-order valence-corrected chi connectivity index (χ1v) is 11.5. The summed E-state index contributed by atoms with van der Waals surface area (Å²) < 4.78 is 0. The molecule has 156 valence electrons. The van der Waals surface area contributed by atoms with Crippen molar-refractivity contribution >= 4 is 23.6 Å². The van der Waals surface area contributed by atoms with E-state index in [0.29, 0.717) is 24.3 Å². The molecule has 2 rings (SSSR count). The molecule has 0 bridgehead atoms. The summed E-state index contributed by atoms with van der Waals surface area (Å²) in [6, 6.07) is 7.01. The molecule has 1 aromatic carbocycles. The SMILES string of the molecule is CCCCCC[C@H](O)CCN1C(=O)CS[C@H]1CCCc1ccc(C(=O)O)cc1. The summed E-state index contributed by atoms with van der Waals surface area (Å²) in [6.07, 6.45) is 8.55. The minimum atomic E-state index is -0.907. The molecular weight excluding hydrogens is 374 g/mol. The van der Waals surface area contributed by atoms with Gasteiger partial charge in [-0.2, -0.15) is 0 Å². The molecule has 0 radical (unpaired) electrons. The van der Waals surface area contributed by atoms with Crippen LogP contribution >= 0.6 is 11.8 Å². The number of benzene rings is 1. The number of nitrogens with zero attached hydrogens (tertiary/aromatic N) is 1. The minimum absolute atomic E-state index is 0.180. The third-order valence-electron chi connectivity index (χ3n) is 5.28. The molecule has 2 N–H and O–H groups in total. The van der Waals surface area contributed by atoms with Crippen molar-refractivity contribution in [1.29, 1.82) is 0 Å². The van der Waals surface area contributed by atoms with Crippen molar-refractivity contribution in [2.75, 3.05) is 12.3 Å². The topological polar surface area (TPSA) is 77.8 Å². The first kappa shape index (κ1) is 22.8. The van der Waals surface area contributed by atoms with Crippen LogP contribution in [0, 0.1) is 0 Å². The lowest BCUT2D eigenvalue weighted by molar-refractivity contribution is -0.128. The predicted octanol–water partition coefficient (Wildman–Crippen LogP) is 4.33. The van der Waals surface area contributed by atoms with Crippen molar-refractivity contribution in [3.8, 4) is 0 Å². The van der Waals surface area contributed by atoms with Crippen LogP contribution in [0.15, 0.2) is 24.3 Å². The average Bonchev–Trinajstić information content (AvgIpc) is 3.03. The molecule has 1 amide bonds. The van der Waals surface area contributed by atoms with Gasteiger partial charge in [0, 0.05) is 6.54 Å². The highest BCUT2D eigenvalue weighted by Gasteiger charge is 2.31. The number of hydrogen-bond acceptors (Lipinski definition) is 4. The maximum absolute atomic E-state index is 12.2. The summed E-state index contributed by atoms with van der Waals surface area (Å²) >= 11 is 1.69. The number of rotatable bonds is 13. The van der Waals surface area contributed by atoms with Crippen molar-refractivity contribution in [1.82, 2.24) is 4.90 Å². The molecule has 1 fully saturated rings. The molecule has 0 aromatic heterocycles. The molecule has 1 aliphatic heterocycles. The average molecular weight is 408 g/mol. The van der Waals surface area contributed by atoms with Gasteiger partial charge in [-0.05, 0) is 49.8 Å². The van der Waals surface area contributed by atoms with Crippen LogP contribution in [0.4, 0.5) is 0 Å². The van der Waals surface area contributed by atoms with Gasteiger partial charge in [-0.15, -0.1) is 11.8 Å². The van der Waals surface area contributed by atoms with Gasteiger partial charge in [0.05, 0.1) is 22.8 Å². The van der Waals surface area contributed by atoms with Gasteiger partial charge < -0.3 is 15.1 Å². The zero-order chi connectivity index (χ0) is 20.4. The van der Waals surface area contributed by atoms with Crippen molar-refractivity contribution in [3.05, 3.63) is 35.4 Å². The maximum Gasteiger partial charge on any atom is 0.335 e. The van der Waals surface area contributed by atoms with Gasteiger partial charge in [0.25, 0.3) is 0 Å². The molecule has 6 heteroatoms. The van der Waals surface area contributed by atoms with E-state index in [0.717, 1.165) is 37.7 Å². The molecule has 0 saturated carbocycles. The summed E-state index contributed by atoms with van der Waals surface area (Å²) in [7, 11) is 0. The largest absolute Gasteiger partial charge is 0.478 e. The number of aryl methyl sites for hydroxylation is 1. The molecule has 1 saturated heterocycles. The third-order valence-corrected chi connectivity index (χ3v) is 6.57. The normalized spacial score (nSPS) is 17.9. The van der Waals surface area contributed by atoms with Gasteiger partial charge >= 0.3 is 5.97 Å². The van der Waals surface area contributed by atoms with E-state index >= 15 is 0 Å². The number of hydrogen-bond donors (Lipinski definition) is 2. The highest BCUT2D eigenvalue weighted by atomic mass is 32.2. The van der Waals surface area contributed by atoms with Crippen LogP contribution in [-0.4, -0.2) is 50.8 Å². The zero-order valence-corrected chi connectivity index (χ0v) is 17.6. The minimum Gasteiger partial charge on any atom is -0.478 e. The Balaban J connectivity index is 1.71. The Bertz CT molecular complexity index is 619. The lowest BCUT2D eigenvalue weighted by atomic mass is 10.1. The quantitative estimate of drug-likeness (QED) is 0.476. The van der Waals surface area contributed by atoms with E-state index in [-0.39, 0.29) is 17.4 Å². The molecular formula is C22H33NO4S. The summed E-state index contributed by atoms with van der Waals surface area (Å²) in [5.74, 6) is -0.195. The van der Waals surface area contributed by atoms with Crippen molar-refractivity contribution in [2.45, 2.75) is 76.2 Å². The molecule has 2 atom stereocenters. The van der Waals surface area contributed by atoms with Crippen molar-refractivity contribution in [3.63, 3.8) is 0 Å². The van der Waals surface area contributed by atoms with Crippen LogP contribution in [0.3, 0.4) is 0 Å². The van der Waals surface area contributed by atoms with Gasteiger partial charge in [0.2, 0.25) is 5.91 Å². The van der Waals surface area contributed by atoms with E-state index in [1.807, 2.05) is 17.0 Å². The Kier molecular flexibility index (Phi) is 9.85. The van der Waals surface area contributed by atoms with Gasteiger partial charge in [0.15, 0.2) is 0 Å². The van der Waals surface area contributed by atoms with Crippen LogP contribution in [0.1, 0.15) is 74.2 Å². The summed E-state index contributed by atoms with van der Waals surface area (Å²) in [6.45, 7) is 2.82. The maximum atomic E-state index is 12.2. The monoisotopic (exact) mass is 407 g/mol. The van der Waals surface area contributed by atoms with E-state index in [4.69, 9.17) is 5.11 Å². The number of aromatic carboxylic acids is 1. The highest BCUT2D eigenvalue weighted by molar-refractivity contribution is 8.00. The Hall–Kier alpha value is -1.53. The Morgan fingerprint density at radius 1 is 1.18 bits per heavy atom. The molecule has 0 aliphatic carbocycles. The van der Waals surface area contributed by atoms with Gasteiger partial charge in [-0.3, -0.25) is 4.79 Å². The fourth-order valence-electron chi connectivity index (χ4n) is 3.54. The molecule has 0 spiro atoms. The zero-order valence-electron chi connectivity index (χ0n) is 16.8. The van der Waals surface area contributed by atoms with E-state index in [9.17, 15) is 14.7 Å². The number of amides is 1. The fraction of sp³-hybridized carbons (Fsp3) is 0.636. The first-order valence-electron chi connectivity index (χ1n) is 10.4.